The number of benzene rings is 2. The average Bonchev–Trinajstić information content (AvgIpc) is 3.59. The monoisotopic (exact) mass is 518 g/mol. The Morgan fingerprint density at radius 3 is 2.57 bits per heavy atom. The molecule has 1 saturated heterocycles. The van der Waals surface area contributed by atoms with Gasteiger partial charge in [0.1, 0.15) is 11.6 Å². The zero-order chi connectivity index (χ0) is 26.3. The molecule has 2 aliphatic rings. The number of aliphatic hydroxyl groups is 1. The maximum atomic E-state index is 13.7. The van der Waals surface area contributed by atoms with Gasteiger partial charge in [0.05, 0.1) is 22.2 Å². The fourth-order valence-corrected chi connectivity index (χ4v) is 5.93. The number of fused-ring (bicyclic) bond motifs is 1. The summed E-state index contributed by atoms with van der Waals surface area (Å²) in [5.41, 5.74) is 5.10. The number of aliphatic hydroxyl groups excluding tert-OH is 1. The van der Waals surface area contributed by atoms with Gasteiger partial charge in [0.2, 0.25) is 11.8 Å². The first-order chi connectivity index (χ1) is 17.7. The number of carbonyl (C=O) groups excluding carboxylic acids is 3. The molecule has 9 heteroatoms. The summed E-state index contributed by atoms with van der Waals surface area (Å²) in [5, 5.41) is 13.3. The molecule has 37 heavy (non-hydrogen) atoms. The Kier molecular flexibility index (Phi) is 6.59. The minimum Gasteiger partial charge on any atom is -0.391 e. The minimum absolute atomic E-state index is 0.0538. The molecular formula is C28H30N4O4S. The molecule has 3 heterocycles. The summed E-state index contributed by atoms with van der Waals surface area (Å²) in [6.45, 7) is 6.06. The van der Waals surface area contributed by atoms with Gasteiger partial charge in [0, 0.05) is 31.6 Å². The number of hydrogen-bond donors (Lipinski definition) is 2. The largest absolute Gasteiger partial charge is 0.391 e. The molecule has 0 bridgehead atoms. The van der Waals surface area contributed by atoms with Crippen molar-refractivity contribution in [3.63, 3.8) is 0 Å². The first kappa shape index (κ1) is 25.1. The van der Waals surface area contributed by atoms with Crippen LogP contribution in [0, 0.1) is 6.92 Å². The predicted octanol–water partition coefficient (Wildman–Crippen LogP) is 3.13. The number of carbonyl (C=O) groups is 3. The number of thiazole rings is 1. The molecule has 3 aromatic rings. The van der Waals surface area contributed by atoms with E-state index < -0.39 is 17.7 Å². The fourth-order valence-electron chi connectivity index (χ4n) is 5.12. The highest BCUT2D eigenvalue weighted by Crippen LogP contribution is 2.33. The van der Waals surface area contributed by atoms with Gasteiger partial charge in [-0.15, -0.1) is 11.3 Å². The maximum absolute atomic E-state index is 13.7. The molecule has 1 aromatic heterocycles. The second-order valence-electron chi connectivity index (χ2n) is 10.2. The summed E-state index contributed by atoms with van der Waals surface area (Å²) in [5.74, 6) is -0.875. The van der Waals surface area contributed by atoms with E-state index in [4.69, 9.17) is 0 Å². The van der Waals surface area contributed by atoms with Crippen LogP contribution in [-0.4, -0.2) is 61.8 Å². The molecule has 0 saturated carbocycles. The highest BCUT2D eigenvalue weighted by Gasteiger charge is 2.49. The molecule has 3 amide bonds. The summed E-state index contributed by atoms with van der Waals surface area (Å²) in [7, 11) is 0. The average molecular weight is 519 g/mol. The van der Waals surface area contributed by atoms with Crippen molar-refractivity contribution in [2.24, 2.45) is 0 Å². The number of hydrogen-bond acceptors (Lipinski definition) is 6. The van der Waals surface area contributed by atoms with Crippen LogP contribution in [0.1, 0.15) is 47.4 Å². The Labute approximate surface area is 219 Å². The van der Waals surface area contributed by atoms with Gasteiger partial charge in [-0.1, -0.05) is 42.5 Å². The molecule has 2 N–H and O–H groups in total. The molecule has 2 aliphatic heterocycles. The highest BCUT2D eigenvalue weighted by molar-refractivity contribution is 7.13. The molecule has 192 valence electrons. The van der Waals surface area contributed by atoms with Crippen LogP contribution in [0.3, 0.4) is 0 Å². The Hall–Kier alpha value is -3.56. The van der Waals surface area contributed by atoms with E-state index in [1.165, 1.54) is 4.90 Å². The number of aryl methyl sites for hydroxylation is 1. The van der Waals surface area contributed by atoms with Crippen molar-refractivity contribution in [2.75, 3.05) is 6.54 Å². The Bertz CT molecular complexity index is 1350. The van der Waals surface area contributed by atoms with Gasteiger partial charge >= 0.3 is 0 Å². The van der Waals surface area contributed by atoms with E-state index in [2.05, 4.69) is 10.3 Å². The standard InChI is InChI=1S/C28H30N4O4S/c1-17-24(37-16-30-17)19-10-8-18(9-11-19)13-29-25(34)23-12-21(33)15-31(23)27(36)28(2,3)32-14-20-6-4-5-7-22(20)26(32)35/h4-11,16,21,23,33H,12-15H2,1-3H3,(H,29,34)/t21-,23+/m1/s1. The van der Waals surface area contributed by atoms with E-state index in [-0.39, 0.29) is 30.7 Å². The SMILES string of the molecule is Cc1ncsc1-c1ccc(CNC(=O)[C@@H]2C[C@@H](O)CN2C(=O)C(C)(C)N2Cc3ccccc3C2=O)cc1. The van der Waals surface area contributed by atoms with Crippen LogP contribution in [-0.2, 0) is 22.7 Å². The number of amides is 3. The Balaban J connectivity index is 1.26. The van der Waals surface area contributed by atoms with Crippen LogP contribution < -0.4 is 5.32 Å². The van der Waals surface area contributed by atoms with Crippen LogP contribution in [0.5, 0.6) is 0 Å². The third kappa shape index (κ3) is 4.65. The molecule has 8 nitrogen and oxygen atoms in total. The molecule has 2 atom stereocenters. The molecule has 2 aromatic carbocycles. The second kappa shape index (κ2) is 9.72. The van der Waals surface area contributed by atoms with E-state index in [1.807, 2.05) is 48.8 Å². The van der Waals surface area contributed by atoms with Gasteiger partial charge in [-0.2, -0.15) is 0 Å². The van der Waals surface area contributed by atoms with Crippen LogP contribution in [0.25, 0.3) is 10.4 Å². The van der Waals surface area contributed by atoms with E-state index in [0.29, 0.717) is 18.7 Å². The van der Waals surface area contributed by atoms with Crippen molar-refractivity contribution >= 4 is 29.1 Å². The third-order valence-corrected chi connectivity index (χ3v) is 8.27. The maximum Gasteiger partial charge on any atom is 0.255 e. The van der Waals surface area contributed by atoms with Gasteiger partial charge < -0.3 is 20.2 Å². The number of rotatable bonds is 6. The molecule has 0 spiro atoms. The van der Waals surface area contributed by atoms with Crippen molar-refractivity contribution < 1.29 is 19.5 Å². The molecule has 0 aliphatic carbocycles. The Morgan fingerprint density at radius 2 is 1.89 bits per heavy atom. The number of nitrogens with zero attached hydrogens (tertiary/aromatic N) is 3. The summed E-state index contributed by atoms with van der Waals surface area (Å²) < 4.78 is 0. The van der Waals surface area contributed by atoms with Crippen molar-refractivity contribution in [3.05, 3.63) is 76.4 Å². The van der Waals surface area contributed by atoms with Gasteiger partial charge in [-0.25, -0.2) is 4.98 Å². The number of nitrogens with one attached hydrogen (secondary N) is 1. The lowest BCUT2D eigenvalue weighted by Gasteiger charge is -2.38. The normalized spacial score (nSPS) is 19.3. The molecular weight excluding hydrogens is 488 g/mol. The van der Waals surface area contributed by atoms with E-state index >= 15 is 0 Å². The van der Waals surface area contributed by atoms with Crippen LogP contribution in [0.15, 0.2) is 54.0 Å². The van der Waals surface area contributed by atoms with Crippen molar-refractivity contribution in [1.82, 2.24) is 20.1 Å². The Morgan fingerprint density at radius 1 is 1.16 bits per heavy atom. The first-order valence-corrected chi connectivity index (χ1v) is 13.2. The molecule has 0 radical (unpaired) electrons. The molecule has 0 unspecified atom stereocenters. The number of aromatic nitrogens is 1. The van der Waals surface area contributed by atoms with E-state index in [0.717, 1.165) is 27.3 Å². The summed E-state index contributed by atoms with van der Waals surface area (Å²) in [6, 6.07) is 14.4. The molecule has 5 rings (SSSR count). The summed E-state index contributed by atoms with van der Waals surface area (Å²) in [6.07, 6.45) is -0.644. The fraction of sp³-hybridized carbons (Fsp3) is 0.357. The zero-order valence-electron chi connectivity index (χ0n) is 21.1. The van der Waals surface area contributed by atoms with Gasteiger partial charge in [0.25, 0.3) is 5.91 Å². The van der Waals surface area contributed by atoms with Crippen molar-refractivity contribution in [3.8, 4) is 10.4 Å². The highest BCUT2D eigenvalue weighted by atomic mass is 32.1. The van der Waals surface area contributed by atoms with Gasteiger partial charge in [0.15, 0.2) is 0 Å². The summed E-state index contributed by atoms with van der Waals surface area (Å²) in [4.78, 5) is 48.3. The minimum atomic E-state index is -1.18. The zero-order valence-corrected chi connectivity index (χ0v) is 21.9. The lowest BCUT2D eigenvalue weighted by Crippen LogP contribution is -2.59. The lowest BCUT2D eigenvalue weighted by atomic mass is 10.00. The van der Waals surface area contributed by atoms with Gasteiger partial charge in [-0.05, 0) is 43.5 Å². The third-order valence-electron chi connectivity index (χ3n) is 7.29. The topological polar surface area (TPSA) is 103 Å². The molecule has 1 fully saturated rings. The van der Waals surface area contributed by atoms with E-state index in [9.17, 15) is 19.5 Å². The smallest absolute Gasteiger partial charge is 0.255 e. The van der Waals surface area contributed by atoms with Crippen LogP contribution in [0.2, 0.25) is 0 Å². The second-order valence-corrected chi connectivity index (χ2v) is 11.0. The van der Waals surface area contributed by atoms with Crippen LogP contribution >= 0.6 is 11.3 Å². The van der Waals surface area contributed by atoms with Gasteiger partial charge in [-0.3, -0.25) is 14.4 Å². The number of likely N-dealkylation sites (tertiary alicyclic amines) is 1. The van der Waals surface area contributed by atoms with Crippen molar-refractivity contribution in [1.29, 1.82) is 0 Å². The predicted molar refractivity (Wildman–Crippen MR) is 141 cm³/mol. The van der Waals surface area contributed by atoms with Crippen LogP contribution in [0.4, 0.5) is 0 Å². The lowest BCUT2D eigenvalue weighted by molar-refractivity contribution is -0.146. The quantitative estimate of drug-likeness (QED) is 0.522. The summed E-state index contributed by atoms with van der Waals surface area (Å²) >= 11 is 1.59. The van der Waals surface area contributed by atoms with Crippen molar-refractivity contribution in [2.45, 2.75) is 58.0 Å². The number of β-amino-alcohol motifs (C(OH)–C–C–N with tert-alkyl or cyclic N) is 1. The first-order valence-electron chi connectivity index (χ1n) is 12.3. The van der Waals surface area contributed by atoms with E-state index in [1.54, 1.807) is 42.2 Å².